The van der Waals surface area contributed by atoms with Crippen LogP contribution >= 0.6 is 23.4 Å². The molecule has 29 heavy (non-hydrogen) atoms. The number of carbonyl (C=O) groups excluding carboxylic acids is 1. The van der Waals surface area contributed by atoms with Crippen LogP contribution < -0.4 is 10.2 Å². The SMILES string of the molecule is CC(Sc1nnc(N2CCCC2)n1Cc1ccco1)C(=O)Nc1cccc(Cl)c1. The summed E-state index contributed by atoms with van der Waals surface area (Å²) in [5.74, 6) is 1.53. The standard InChI is InChI=1S/C20H22ClN5O2S/c1-14(18(27)22-16-7-4-6-15(21)12-16)29-20-24-23-19(25-9-2-3-10-25)26(20)13-17-8-5-11-28-17/h4-8,11-12,14H,2-3,9-10,13H2,1H3,(H,22,27). The Morgan fingerprint density at radius 1 is 1.28 bits per heavy atom. The van der Waals surface area contributed by atoms with Crippen LogP contribution in [0.5, 0.6) is 0 Å². The average molecular weight is 432 g/mol. The van der Waals surface area contributed by atoms with Crippen molar-refractivity contribution in [3.63, 3.8) is 0 Å². The van der Waals surface area contributed by atoms with Gasteiger partial charge >= 0.3 is 0 Å². The van der Waals surface area contributed by atoms with Crippen molar-refractivity contribution < 1.29 is 9.21 Å². The van der Waals surface area contributed by atoms with Crippen LogP contribution in [0.15, 0.2) is 52.2 Å². The first kappa shape index (κ1) is 19.8. The molecule has 9 heteroatoms. The Morgan fingerprint density at radius 3 is 2.83 bits per heavy atom. The Labute approximate surface area is 178 Å². The van der Waals surface area contributed by atoms with Crippen molar-refractivity contribution in [3.05, 3.63) is 53.4 Å². The molecule has 4 rings (SSSR count). The first-order valence-electron chi connectivity index (χ1n) is 9.54. The second kappa shape index (κ2) is 8.92. The van der Waals surface area contributed by atoms with E-state index < -0.39 is 0 Å². The molecule has 1 aliphatic heterocycles. The molecule has 3 heterocycles. The van der Waals surface area contributed by atoms with Gasteiger partial charge in [0.15, 0.2) is 5.16 Å². The molecule has 1 N–H and O–H groups in total. The van der Waals surface area contributed by atoms with Crippen LogP contribution in [0.25, 0.3) is 0 Å². The maximum Gasteiger partial charge on any atom is 0.237 e. The summed E-state index contributed by atoms with van der Waals surface area (Å²) in [5.41, 5.74) is 0.671. The zero-order valence-corrected chi connectivity index (χ0v) is 17.6. The van der Waals surface area contributed by atoms with Gasteiger partial charge in [-0.1, -0.05) is 29.4 Å². The zero-order chi connectivity index (χ0) is 20.2. The van der Waals surface area contributed by atoms with Gasteiger partial charge in [-0.2, -0.15) is 0 Å². The van der Waals surface area contributed by atoms with Crippen LogP contribution in [0.4, 0.5) is 11.6 Å². The Balaban J connectivity index is 1.51. The Kier molecular flexibility index (Phi) is 6.10. The summed E-state index contributed by atoms with van der Waals surface area (Å²) in [6.07, 6.45) is 3.95. The molecule has 0 spiro atoms. The number of carbonyl (C=O) groups is 1. The number of nitrogens with one attached hydrogen (secondary N) is 1. The fraction of sp³-hybridized carbons (Fsp3) is 0.350. The van der Waals surface area contributed by atoms with E-state index in [1.807, 2.05) is 29.7 Å². The molecule has 0 aliphatic carbocycles. The van der Waals surface area contributed by atoms with Crippen molar-refractivity contribution in [1.29, 1.82) is 0 Å². The van der Waals surface area contributed by atoms with Crippen LogP contribution in [0.1, 0.15) is 25.5 Å². The molecular weight excluding hydrogens is 410 g/mol. The fourth-order valence-electron chi connectivity index (χ4n) is 3.24. The van der Waals surface area contributed by atoms with Crippen molar-refractivity contribution in [1.82, 2.24) is 14.8 Å². The molecule has 1 amide bonds. The lowest BCUT2D eigenvalue weighted by molar-refractivity contribution is -0.115. The fourth-order valence-corrected chi connectivity index (χ4v) is 4.27. The molecule has 3 aromatic rings. The smallest absolute Gasteiger partial charge is 0.237 e. The summed E-state index contributed by atoms with van der Waals surface area (Å²) in [7, 11) is 0. The highest BCUT2D eigenvalue weighted by Crippen LogP contribution is 2.29. The largest absolute Gasteiger partial charge is 0.467 e. The Bertz CT molecular complexity index is 969. The third kappa shape index (κ3) is 4.76. The number of hydrogen-bond donors (Lipinski definition) is 1. The molecule has 0 radical (unpaired) electrons. The zero-order valence-electron chi connectivity index (χ0n) is 16.0. The second-order valence-corrected chi connectivity index (χ2v) is 8.65. The number of thioether (sulfide) groups is 1. The maximum absolute atomic E-state index is 12.7. The lowest BCUT2D eigenvalue weighted by atomic mass is 10.3. The Hall–Kier alpha value is -2.45. The van der Waals surface area contributed by atoms with Crippen molar-refractivity contribution in [2.45, 2.75) is 36.7 Å². The van der Waals surface area contributed by atoms with Gasteiger partial charge in [0, 0.05) is 23.8 Å². The molecule has 1 atom stereocenters. The summed E-state index contributed by atoms with van der Waals surface area (Å²) >= 11 is 7.38. The number of halogens is 1. The summed E-state index contributed by atoms with van der Waals surface area (Å²) in [6, 6.07) is 10.9. The average Bonchev–Trinajstić information content (AvgIpc) is 3.45. The minimum Gasteiger partial charge on any atom is -0.467 e. The van der Waals surface area contributed by atoms with Gasteiger partial charge in [-0.25, -0.2) is 0 Å². The van der Waals surface area contributed by atoms with E-state index in [0.717, 1.165) is 37.6 Å². The second-order valence-electron chi connectivity index (χ2n) is 6.90. The van der Waals surface area contributed by atoms with E-state index >= 15 is 0 Å². The van der Waals surface area contributed by atoms with Crippen LogP contribution in [0, 0.1) is 0 Å². The van der Waals surface area contributed by atoms with Gasteiger partial charge in [0.2, 0.25) is 11.9 Å². The van der Waals surface area contributed by atoms with Crippen LogP contribution in [-0.4, -0.2) is 39.0 Å². The Morgan fingerprint density at radius 2 is 2.10 bits per heavy atom. The summed E-state index contributed by atoms with van der Waals surface area (Å²) in [6.45, 7) is 4.31. The maximum atomic E-state index is 12.7. The van der Waals surface area contributed by atoms with E-state index in [4.69, 9.17) is 16.0 Å². The molecule has 1 aliphatic rings. The van der Waals surface area contributed by atoms with Gasteiger partial charge in [0.05, 0.1) is 18.1 Å². The monoisotopic (exact) mass is 431 g/mol. The highest BCUT2D eigenvalue weighted by atomic mass is 35.5. The number of hydrogen-bond acceptors (Lipinski definition) is 6. The molecular formula is C20H22ClN5O2S. The van der Waals surface area contributed by atoms with E-state index in [1.165, 1.54) is 11.8 Å². The van der Waals surface area contributed by atoms with E-state index in [1.54, 1.807) is 24.5 Å². The molecule has 0 saturated carbocycles. The van der Waals surface area contributed by atoms with E-state index in [0.29, 0.717) is 22.4 Å². The van der Waals surface area contributed by atoms with Crippen molar-refractivity contribution in [3.8, 4) is 0 Å². The number of amides is 1. The van der Waals surface area contributed by atoms with Gasteiger partial charge in [0.1, 0.15) is 5.76 Å². The van der Waals surface area contributed by atoms with Gasteiger partial charge in [-0.3, -0.25) is 9.36 Å². The molecule has 7 nitrogen and oxygen atoms in total. The quantitative estimate of drug-likeness (QED) is 0.562. The molecule has 0 bridgehead atoms. The minimum absolute atomic E-state index is 0.118. The lowest BCUT2D eigenvalue weighted by Gasteiger charge is -2.18. The first-order chi connectivity index (χ1) is 14.1. The number of rotatable bonds is 7. The number of nitrogens with zero attached hydrogens (tertiary/aromatic N) is 4. The van der Waals surface area contributed by atoms with Gasteiger partial charge in [-0.15, -0.1) is 10.2 Å². The molecule has 152 valence electrons. The highest BCUT2D eigenvalue weighted by molar-refractivity contribution is 8.00. The first-order valence-corrected chi connectivity index (χ1v) is 10.8. The topological polar surface area (TPSA) is 76.2 Å². The minimum atomic E-state index is -0.361. The summed E-state index contributed by atoms with van der Waals surface area (Å²) in [5, 5.41) is 12.6. The van der Waals surface area contributed by atoms with Crippen molar-refractivity contribution in [2.75, 3.05) is 23.3 Å². The van der Waals surface area contributed by atoms with Crippen LogP contribution in [0.3, 0.4) is 0 Å². The third-order valence-electron chi connectivity index (χ3n) is 4.72. The van der Waals surface area contributed by atoms with Crippen LogP contribution in [-0.2, 0) is 11.3 Å². The number of aromatic nitrogens is 3. The molecule has 1 saturated heterocycles. The van der Waals surface area contributed by atoms with Crippen molar-refractivity contribution in [2.24, 2.45) is 0 Å². The predicted molar refractivity (Wildman–Crippen MR) is 115 cm³/mol. The number of anilines is 2. The van der Waals surface area contributed by atoms with Gasteiger partial charge < -0.3 is 14.6 Å². The molecule has 1 fully saturated rings. The lowest BCUT2D eigenvalue weighted by Crippen LogP contribution is -2.24. The predicted octanol–water partition coefficient (Wildman–Crippen LogP) is 4.29. The highest BCUT2D eigenvalue weighted by Gasteiger charge is 2.25. The number of furan rings is 1. The normalized spacial score (nSPS) is 14.9. The van der Waals surface area contributed by atoms with E-state index in [2.05, 4.69) is 20.4 Å². The summed E-state index contributed by atoms with van der Waals surface area (Å²) in [4.78, 5) is 14.9. The van der Waals surface area contributed by atoms with Gasteiger partial charge in [0.25, 0.3) is 0 Å². The van der Waals surface area contributed by atoms with Crippen LogP contribution in [0.2, 0.25) is 5.02 Å². The third-order valence-corrected chi connectivity index (χ3v) is 6.04. The molecule has 1 unspecified atom stereocenters. The number of benzene rings is 1. The molecule has 1 aromatic carbocycles. The molecule has 2 aromatic heterocycles. The van der Waals surface area contributed by atoms with Crippen molar-refractivity contribution >= 4 is 40.9 Å². The van der Waals surface area contributed by atoms with E-state index in [9.17, 15) is 4.79 Å². The van der Waals surface area contributed by atoms with Gasteiger partial charge in [-0.05, 0) is 50.1 Å². The van der Waals surface area contributed by atoms with E-state index in [-0.39, 0.29) is 11.2 Å². The summed E-state index contributed by atoms with van der Waals surface area (Å²) < 4.78 is 7.55.